The van der Waals surface area contributed by atoms with E-state index in [1.807, 2.05) is 6.07 Å². The molecule has 0 saturated heterocycles. The smallest absolute Gasteiger partial charge is 0.270 e. The maximum absolute atomic E-state index is 14.9. The minimum absolute atomic E-state index is 0.0855. The van der Waals surface area contributed by atoms with E-state index in [4.69, 9.17) is 13.9 Å². The van der Waals surface area contributed by atoms with Crippen molar-refractivity contribution in [2.75, 3.05) is 13.2 Å². The van der Waals surface area contributed by atoms with Crippen molar-refractivity contribution in [3.8, 4) is 23.2 Å². The normalized spacial score (nSPS) is 14.8. The van der Waals surface area contributed by atoms with Gasteiger partial charge in [-0.25, -0.2) is 4.98 Å². The molecule has 1 atom stereocenters. The number of amides is 1. The molecule has 8 nitrogen and oxygen atoms in total. The lowest BCUT2D eigenvalue weighted by Gasteiger charge is -2.11. The van der Waals surface area contributed by atoms with E-state index in [0.717, 1.165) is 0 Å². The molecule has 1 aliphatic rings. The lowest BCUT2D eigenvalue weighted by atomic mass is 10.3. The maximum Gasteiger partial charge on any atom is 0.270 e. The van der Waals surface area contributed by atoms with Gasteiger partial charge in [-0.05, 0) is 37.8 Å². The van der Waals surface area contributed by atoms with Crippen molar-refractivity contribution >= 4 is 17.0 Å². The van der Waals surface area contributed by atoms with E-state index in [1.54, 1.807) is 26.1 Å². The zero-order valence-corrected chi connectivity index (χ0v) is 16.6. The SMILES string of the molecule is CC(=O)NC(C)COc1nn(C)c(-c2nc3ccc(OCC4CC4)cc3o2)c1F. The number of benzene rings is 1. The number of aromatic nitrogens is 3. The van der Waals surface area contributed by atoms with Crippen LogP contribution >= 0.6 is 0 Å². The van der Waals surface area contributed by atoms with Gasteiger partial charge < -0.3 is 19.2 Å². The molecule has 0 bridgehead atoms. The van der Waals surface area contributed by atoms with Gasteiger partial charge in [-0.3, -0.25) is 9.48 Å². The first-order chi connectivity index (χ1) is 13.9. The second kappa shape index (κ2) is 7.73. The van der Waals surface area contributed by atoms with Crippen LogP contribution in [0.1, 0.15) is 26.7 Å². The van der Waals surface area contributed by atoms with Crippen LogP contribution in [0.2, 0.25) is 0 Å². The molecule has 29 heavy (non-hydrogen) atoms. The standard InChI is InChI=1S/C20H23FN4O4/c1-11(22-12(2)26)9-28-19-17(21)18(25(3)24-19)20-23-15-7-6-14(8-16(15)29-20)27-10-13-4-5-13/h6-8,11,13H,4-5,9-10H2,1-3H3,(H,22,26). The zero-order chi connectivity index (χ0) is 20.5. The largest absolute Gasteiger partial charge is 0.493 e. The van der Waals surface area contributed by atoms with Crippen molar-refractivity contribution in [3.63, 3.8) is 0 Å². The van der Waals surface area contributed by atoms with Gasteiger partial charge in [0.2, 0.25) is 17.6 Å². The summed E-state index contributed by atoms with van der Waals surface area (Å²) < 4.78 is 33.2. The fraction of sp³-hybridized carbons (Fsp3) is 0.450. The maximum atomic E-state index is 14.9. The summed E-state index contributed by atoms with van der Waals surface area (Å²) in [5.41, 5.74) is 1.19. The van der Waals surface area contributed by atoms with E-state index in [0.29, 0.717) is 29.4 Å². The molecular weight excluding hydrogens is 379 g/mol. The summed E-state index contributed by atoms with van der Waals surface area (Å²) in [4.78, 5) is 15.4. The average molecular weight is 402 g/mol. The highest BCUT2D eigenvalue weighted by Crippen LogP contribution is 2.33. The number of fused-ring (bicyclic) bond motifs is 1. The van der Waals surface area contributed by atoms with Crippen molar-refractivity contribution in [2.24, 2.45) is 13.0 Å². The number of oxazole rings is 1. The Labute approximate surface area is 167 Å². The van der Waals surface area contributed by atoms with Crippen LogP contribution in [0.4, 0.5) is 4.39 Å². The van der Waals surface area contributed by atoms with E-state index in [1.165, 1.54) is 24.4 Å². The lowest BCUT2D eigenvalue weighted by molar-refractivity contribution is -0.119. The van der Waals surface area contributed by atoms with Gasteiger partial charge in [-0.2, -0.15) is 4.39 Å². The predicted molar refractivity (Wildman–Crippen MR) is 103 cm³/mol. The number of rotatable bonds is 8. The van der Waals surface area contributed by atoms with Crippen LogP contribution < -0.4 is 14.8 Å². The summed E-state index contributed by atoms with van der Waals surface area (Å²) in [6.45, 7) is 3.95. The molecule has 4 rings (SSSR count). The number of halogens is 1. The quantitative estimate of drug-likeness (QED) is 0.623. The Morgan fingerprint density at radius 3 is 2.93 bits per heavy atom. The van der Waals surface area contributed by atoms with Gasteiger partial charge in [0.25, 0.3) is 5.88 Å². The summed E-state index contributed by atoms with van der Waals surface area (Å²) in [5, 5.41) is 6.73. The molecule has 1 fully saturated rings. The third-order valence-electron chi connectivity index (χ3n) is 4.62. The molecule has 1 saturated carbocycles. The second-order valence-corrected chi connectivity index (χ2v) is 7.41. The van der Waals surface area contributed by atoms with Crippen LogP contribution in [0.25, 0.3) is 22.7 Å². The fourth-order valence-electron chi connectivity index (χ4n) is 2.99. The van der Waals surface area contributed by atoms with E-state index in [2.05, 4.69) is 15.4 Å². The molecule has 0 spiro atoms. The van der Waals surface area contributed by atoms with E-state index in [-0.39, 0.29) is 36.0 Å². The molecule has 3 aromatic rings. The minimum atomic E-state index is -0.667. The average Bonchev–Trinajstić information content (AvgIpc) is 3.33. The molecule has 1 N–H and O–H groups in total. The predicted octanol–water partition coefficient (Wildman–Crippen LogP) is 3.06. The minimum Gasteiger partial charge on any atom is -0.493 e. The van der Waals surface area contributed by atoms with Crippen LogP contribution in [0.3, 0.4) is 0 Å². The molecule has 2 heterocycles. The van der Waals surface area contributed by atoms with E-state index < -0.39 is 5.82 Å². The van der Waals surface area contributed by atoms with E-state index >= 15 is 0 Å². The Bertz CT molecular complexity index is 1040. The van der Waals surface area contributed by atoms with Gasteiger partial charge in [0, 0.05) is 20.0 Å². The molecule has 9 heteroatoms. The van der Waals surface area contributed by atoms with Crippen LogP contribution in [0, 0.1) is 11.7 Å². The van der Waals surface area contributed by atoms with Crippen LogP contribution in [0.15, 0.2) is 22.6 Å². The first-order valence-electron chi connectivity index (χ1n) is 9.57. The van der Waals surface area contributed by atoms with Gasteiger partial charge in [0.15, 0.2) is 11.3 Å². The summed E-state index contributed by atoms with van der Waals surface area (Å²) in [6, 6.07) is 5.09. The van der Waals surface area contributed by atoms with Crippen LogP contribution in [0.5, 0.6) is 11.6 Å². The Morgan fingerprint density at radius 2 is 2.21 bits per heavy atom. The van der Waals surface area contributed by atoms with Crippen molar-refractivity contribution in [1.29, 1.82) is 0 Å². The summed E-state index contributed by atoms with van der Waals surface area (Å²) in [5.74, 6) is 0.432. The number of aryl methyl sites for hydroxylation is 1. The first kappa shape index (κ1) is 19.2. The second-order valence-electron chi connectivity index (χ2n) is 7.41. The van der Waals surface area contributed by atoms with Crippen LogP contribution in [-0.2, 0) is 11.8 Å². The zero-order valence-electron chi connectivity index (χ0n) is 16.6. The highest BCUT2D eigenvalue weighted by molar-refractivity contribution is 5.77. The highest BCUT2D eigenvalue weighted by atomic mass is 19.1. The Kier molecular flexibility index (Phi) is 5.12. The molecule has 1 aromatic carbocycles. The molecule has 154 valence electrons. The summed E-state index contributed by atoms with van der Waals surface area (Å²) in [7, 11) is 1.58. The van der Waals surface area contributed by atoms with Gasteiger partial charge >= 0.3 is 0 Å². The molecule has 0 radical (unpaired) electrons. The number of carbonyl (C=O) groups is 1. The highest BCUT2D eigenvalue weighted by Gasteiger charge is 2.25. The van der Waals surface area contributed by atoms with Gasteiger partial charge in [0.05, 0.1) is 12.6 Å². The van der Waals surface area contributed by atoms with Gasteiger partial charge in [-0.1, -0.05) is 0 Å². The molecule has 1 aliphatic carbocycles. The summed E-state index contributed by atoms with van der Waals surface area (Å²) >= 11 is 0. The number of nitrogens with zero attached hydrogens (tertiary/aromatic N) is 3. The molecule has 1 amide bonds. The third kappa shape index (κ3) is 4.33. The van der Waals surface area contributed by atoms with Crippen molar-refractivity contribution < 1.29 is 23.1 Å². The number of hydrogen-bond donors (Lipinski definition) is 1. The Hall–Kier alpha value is -3.10. The van der Waals surface area contributed by atoms with Gasteiger partial charge in [-0.15, -0.1) is 5.10 Å². The van der Waals surface area contributed by atoms with Gasteiger partial charge in [0.1, 0.15) is 17.9 Å². The monoisotopic (exact) mass is 402 g/mol. The molecule has 1 unspecified atom stereocenters. The molecule has 2 aromatic heterocycles. The lowest BCUT2D eigenvalue weighted by Crippen LogP contribution is -2.35. The van der Waals surface area contributed by atoms with Crippen molar-refractivity contribution in [1.82, 2.24) is 20.1 Å². The third-order valence-corrected chi connectivity index (χ3v) is 4.62. The van der Waals surface area contributed by atoms with E-state index in [9.17, 15) is 9.18 Å². The number of carbonyl (C=O) groups excluding carboxylic acids is 1. The van der Waals surface area contributed by atoms with Crippen LogP contribution in [-0.4, -0.2) is 39.9 Å². The van der Waals surface area contributed by atoms with Crippen molar-refractivity contribution in [2.45, 2.75) is 32.7 Å². The number of nitrogens with one attached hydrogen (secondary N) is 1. The number of hydrogen-bond acceptors (Lipinski definition) is 6. The topological polar surface area (TPSA) is 91.4 Å². The molecule has 0 aliphatic heterocycles. The van der Waals surface area contributed by atoms with Crippen molar-refractivity contribution in [3.05, 3.63) is 24.0 Å². The summed E-state index contributed by atoms with van der Waals surface area (Å²) in [6.07, 6.45) is 2.42. The number of ether oxygens (including phenoxy) is 2. The molecular formula is C20H23FN4O4. The first-order valence-corrected chi connectivity index (χ1v) is 9.57. The Balaban J connectivity index is 1.53. The Morgan fingerprint density at radius 1 is 1.41 bits per heavy atom. The fourth-order valence-corrected chi connectivity index (χ4v) is 2.99.